The van der Waals surface area contributed by atoms with Gasteiger partial charge in [0.1, 0.15) is 0 Å². The van der Waals surface area contributed by atoms with Crippen LogP contribution >= 0.6 is 0 Å². The average molecular weight is 630 g/mol. The summed E-state index contributed by atoms with van der Waals surface area (Å²) >= 11 is 0. The lowest BCUT2D eigenvalue weighted by molar-refractivity contribution is -0.122. The van der Waals surface area contributed by atoms with E-state index in [0.717, 1.165) is 38.5 Å². The van der Waals surface area contributed by atoms with Gasteiger partial charge in [-0.25, -0.2) is 0 Å². The Kier molecular flexibility index (Phi) is 30.4. The third-order valence-corrected chi connectivity index (χ3v) is 9.24. The lowest BCUT2D eigenvalue weighted by Gasteiger charge is -2.21. The molecule has 0 rings (SSSR count). The van der Waals surface area contributed by atoms with E-state index in [4.69, 9.17) is 0 Å². The molecule has 6 nitrogen and oxygen atoms in total. The molecule has 0 aromatic carbocycles. The molecule has 43 heavy (non-hydrogen) atoms. The summed E-state index contributed by atoms with van der Waals surface area (Å²) in [6.07, 6.45) is 36.2. The molecule has 3 N–H and O–H groups in total. The second-order valence-corrected chi connectivity index (χ2v) is 14.4. The summed E-state index contributed by atoms with van der Waals surface area (Å²) in [4.78, 5) is 12.4. The molecule has 2 atom stereocenters. The van der Waals surface area contributed by atoms with Crippen molar-refractivity contribution in [2.45, 2.75) is 206 Å². The predicted octanol–water partition coefficient (Wildman–Crippen LogP) is 10.2. The number of aliphatic hydroxyl groups excluding tert-OH is 1. The summed E-state index contributed by atoms with van der Waals surface area (Å²) in [6.45, 7) is 4.50. The van der Waals surface area contributed by atoms with Gasteiger partial charge in [0.25, 0.3) is 10.1 Å². The van der Waals surface area contributed by atoms with Crippen molar-refractivity contribution in [2.75, 3.05) is 5.75 Å². The lowest BCUT2D eigenvalue weighted by atomic mass is 10.0. The topological polar surface area (TPSA) is 104 Å². The van der Waals surface area contributed by atoms with Gasteiger partial charge >= 0.3 is 0 Å². The fourth-order valence-electron chi connectivity index (χ4n) is 5.68. The van der Waals surface area contributed by atoms with Gasteiger partial charge < -0.3 is 10.4 Å². The molecule has 0 radical (unpaired) electrons. The van der Waals surface area contributed by atoms with Gasteiger partial charge in [-0.3, -0.25) is 9.35 Å². The third-order valence-electron chi connectivity index (χ3n) is 8.46. The highest BCUT2D eigenvalue weighted by Gasteiger charge is 2.24. The van der Waals surface area contributed by atoms with Crippen molar-refractivity contribution in [3.63, 3.8) is 0 Å². The van der Waals surface area contributed by atoms with Crippen molar-refractivity contribution >= 4 is 16.0 Å². The maximum atomic E-state index is 12.4. The van der Waals surface area contributed by atoms with E-state index in [1.807, 2.05) is 6.08 Å². The van der Waals surface area contributed by atoms with Crippen LogP contribution in [0.2, 0.25) is 0 Å². The first-order chi connectivity index (χ1) is 20.8. The van der Waals surface area contributed by atoms with Crippen molar-refractivity contribution in [3.8, 4) is 0 Å². The van der Waals surface area contributed by atoms with Crippen molar-refractivity contribution in [3.05, 3.63) is 12.2 Å². The second-order valence-electron chi connectivity index (χ2n) is 12.9. The molecule has 0 aliphatic rings. The molecule has 0 aromatic rings. The minimum absolute atomic E-state index is 0.277. The van der Waals surface area contributed by atoms with Crippen LogP contribution in [0, 0.1) is 0 Å². The Morgan fingerprint density at radius 2 is 0.953 bits per heavy atom. The van der Waals surface area contributed by atoms with Gasteiger partial charge in [0, 0.05) is 6.42 Å². The van der Waals surface area contributed by atoms with E-state index >= 15 is 0 Å². The van der Waals surface area contributed by atoms with Crippen LogP contribution in [0.15, 0.2) is 12.2 Å². The van der Waals surface area contributed by atoms with Crippen molar-refractivity contribution in [1.29, 1.82) is 0 Å². The maximum absolute atomic E-state index is 12.4. The molecule has 1 amide bonds. The quantitative estimate of drug-likeness (QED) is 0.0381. The minimum atomic E-state index is -4.33. The van der Waals surface area contributed by atoms with Crippen LogP contribution in [0.25, 0.3) is 0 Å². The summed E-state index contributed by atoms with van der Waals surface area (Å²) in [5.41, 5.74) is 0. The van der Waals surface area contributed by atoms with E-state index in [0.29, 0.717) is 6.42 Å². The number of hydrogen-bond acceptors (Lipinski definition) is 4. The van der Waals surface area contributed by atoms with Crippen LogP contribution in [0.1, 0.15) is 194 Å². The van der Waals surface area contributed by atoms with E-state index in [-0.39, 0.29) is 5.91 Å². The Balaban J connectivity index is 3.96. The lowest BCUT2D eigenvalue weighted by Crippen LogP contribution is -2.46. The molecule has 2 unspecified atom stereocenters. The van der Waals surface area contributed by atoms with Crippen molar-refractivity contribution < 1.29 is 22.9 Å². The first kappa shape index (κ1) is 42.1. The summed E-state index contributed by atoms with van der Waals surface area (Å²) in [7, 11) is -4.33. The number of hydrogen-bond donors (Lipinski definition) is 3. The normalized spacial score (nSPS) is 13.5. The van der Waals surface area contributed by atoms with Gasteiger partial charge in [0.15, 0.2) is 0 Å². The Labute approximate surface area is 267 Å². The van der Waals surface area contributed by atoms with Crippen LogP contribution in [-0.2, 0) is 14.9 Å². The number of aliphatic hydroxyl groups is 1. The third kappa shape index (κ3) is 32.3. The summed E-state index contributed by atoms with van der Waals surface area (Å²) < 4.78 is 32.3. The molecule has 0 saturated carbocycles. The molecule has 0 aliphatic carbocycles. The molecule has 0 bridgehead atoms. The zero-order valence-corrected chi connectivity index (χ0v) is 29.2. The fourth-order valence-corrected chi connectivity index (χ4v) is 6.42. The number of allylic oxidation sites excluding steroid dienone is 1. The zero-order chi connectivity index (χ0) is 31.9. The largest absolute Gasteiger partial charge is 0.387 e. The summed E-state index contributed by atoms with van der Waals surface area (Å²) in [5.74, 6) is -0.970. The molecule has 0 heterocycles. The minimum Gasteiger partial charge on any atom is -0.387 e. The monoisotopic (exact) mass is 630 g/mol. The first-order valence-corrected chi connectivity index (χ1v) is 20.0. The number of rotatable bonds is 33. The van der Waals surface area contributed by atoms with Crippen LogP contribution in [-0.4, -0.2) is 41.9 Å². The van der Waals surface area contributed by atoms with Crippen LogP contribution in [0.4, 0.5) is 0 Å². The van der Waals surface area contributed by atoms with Crippen molar-refractivity contribution in [2.24, 2.45) is 0 Å². The van der Waals surface area contributed by atoms with Gasteiger partial charge in [-0.05, 0) is 19.3 Å². The number of nitrogens with one attached hydrogen (secondary N) is 1. The number of carbonyl (C=O) groups is 1. The van der Waals surface area contributed by atoms with Gasteiger partial charge in [-0.2, -0.15) is 8.42 Å². The molecular formula is C36H71NO5S. The van der Waals surface area contributed by atoms with Gasteiger partial charge in [0.2, 0.25) is 5.91 Å². The first-order valence-electron chi connectivity index (χ1n) is 18.4. The molecule has 0 fully saturated rings. The highest BCUT2D eigenvalue weighted by atomic mass is 32.2. The van der Waals surface area contributed by atoms with E-state index in [1.165, 1.54) is 135 Å². The van der Waals surface area contributed by atoms with E-state index in [1.54, 1.807) is 6.08 Å². The average Bonchev–Trinajstić information content (AvgIpc) is 2.96. The highest BCUT2D eigenvalue weighted by Crippen LogP contribution is 2.15. The highest BCUT2D eigenvalue weighted by molar-refractivity contribution is 7.85. The molecule has 7 heteroatoms. The molecule has 0 spiro atoms. The molecular weight excluding hydrogens is 558 g/mol. The Morgan fingerprint density at radius 3 is 1.33 bits per heavy atom. The molecule has 0 saturated heterocycles. The number of carbonyl (C=O) groups excluding carboxylic acids is 1. The predicted molar refractivity (Wildman–Crippen MR) is 184 cm³/mol. The second kappa shape index (κ2) is 31.1. The standard InChI is InChI=1S/C36H71NO5S/c1-3-5-7-9-11-13-15-17-18-20-22-24-26-28-30-32-36(39)37-34(33-43(40,41)42)35(38)31-29-27-25-23-21-19-16-14-12-10-8-6-4-2/h29,31,34-35,38H,3-28,30,32-33H2,1-2H3,(H,37,39)(H,40,41,42)/b31-29+. The number of unbranched alkanes of at least 4 members (excludes halogenated alkanes) is 25. The van der Waals surface area contributed by atoms with Gasteiger partial charge in [0.05, 0.1) is 17.9 Å². The van der Waals surface area contributed by atoms with Crippen LogP contribution < -0.4 is 5.32 Å². The molecule has 0 aromatic heterocycles. The number of amides is 1. The van der Waals surface area contributed by atoms with E-state index in [9.17, 15) is 22.9 Å². The Hall–Kier alpha value is -0.920. The Bertz CT molecular complexity index is 740. The van der Waals surface area contributed by atoms with E-state index in [2.05, 4.69) is 19.2 Å². The van der Waals surface area contributed by atoms with Gasteiger partial charge in [-0.15, -0.1) is 0 Å². The Morgan fingerprint density at radius 1 is 0.605 bits per heavy atom. The summed E-state index contributed by atoms with van der Waals surface area (Å²) in [5, 5.41) is 13.2. The molecule has 256 valence electrons. The van der Waals surface area contributed by atoms with Crippen LogP contribution in [0.3, 0.4) is 0 Å². The maximum Gasteiger partial charge on any atom is 0.267 e. The van der Waals surface area contributed by atoms with E-state index < -0.39 is 28.0 Å². The summed E-state index contributed by atoms with van der Waals surface area (Å²) in [6, 6.07) is -1.05. The SMILES string of the molecule is CCCCCCCCCCCCC/C=C/C(O)C(CS(=O)(=O)O)NC(=O)CCCCCCCCCCCCCCCCC. The van der Waals surface area contributed by atoms with Crippen molar-refractivity contribution in [1.82, 2.24) is 5.32 Å². The fraction of sp³-hybridized carbons (Fsp3) is 0.917. The van der Waals surface area contributed by atoms with Crippen LogP contribution in [0.5, 0.6) is 0 Å². The van der Waals surface area contributed by atoms with Gasteiger partial charge in [-0.1, -0.05) is 180 Å². The molecule has 0 aliphatic heterocycles. The smallest absolute Gasteiger partial charge is 0.267 e. The zero-order valence-electron chi connectivity index (χ0n) is 28.3.